The third-order valence-electron chi connectivity index (χ3n) is 5.20. The maximum Gasteiger partial charge on any atom is 0.251 e. The van der Waals surface area contributed by atoms with E-state index in [4.69, 9.17) is 0 Å². The fraction of sp³-hybridized carbons (Fsp3) is 0.391. The molecule has 1 saturated heterocycles. The molecule has 30 heavy (non-hydrogen) atoms. The number of hydrogen-bond donors (Lipinski definition) is 2. The molecule has 0 saturated carbocycles. The van der Waals surface area contributed by atoms with Crippen LogP contribution in [0.15, 0.2) is 42.5 Å². The molecule has 3 rings (SSSR count). The molecule has 160 valence electrons. The van der Waals surface area contributed by atoms with Gasteiger partial charge in [0, 0.05) is 37.7 Å². The molecule has 5 nitrogen and oxygen atoms in total. The predicted molar refractivity (Wildman–Crippen MR) is 112 cm³/mol. The van der Waals surface area contributed by atoms with Gasteiger partial charge in [-0.2, -0.15) is 0 Å². The molecule has 0 aliphatic carbocycles. The molecular formula is C23H27F2N3O2. The molecule has 1 unspecified atom stereocenters. The third kappa shape index (κ3) is 6.02. The van der Waals surface area contributed by atoms with Gasteiger partial charge >= 0.3 is 0 Å². The summed E-state index contributed by atoms with van der Waals surface area (Å²) in [4.78, 5) is 26.2. The number of hydrogen-bond acceptors (Lipinski definition) is 3. The summed E-state index contributed by atoms with van der Waals surface area (Å²) in [6, 6.07) is 10.3. The number of halogens is 2. The number of amides is 2. The van der Waals surface area contributed by atoms with Crippen molar-refractivity contribution in [3.05, 3.63) is 65.2 Å². The van der Waals surface area contributed by atoms with Gasteiger partial charge in [-0.25, -0.2) is 8.78 Å². The molecule has 7 heteroatoms. The number of nitrogens with zero attached hydrogens (tertiary/aromatic N) is 1. The van der Waals surface area contributed by atoms with Crippen LogP contribution in [0.5, 0.6) is 0 Å². The van der Waals surface area contributed by atoms with E-state index in [0.29, 0.717) is 37.2 Å². The predicted octanol–water partition coefficient (Wildman–Crippen LogP) is 3.57. The van der Waals surface area contributed by atoms with Crippen molar-refractivity contribution < 1.29 is 18.4 Å². The van der Waals surface area contributed by atoms with Crippen LogP contribution in [0.25, 0.3) is 0 Å². The van der Waals surface area contributed by atoms with Gasteiger partial charge < -0.3 is 15.5 Å². The molecule has 0 spiro atoms. The standard InChI is InChI=1S/C23H27F2N3O2/c1-16-6-11-20(25)21(14-16)28-13-3-4-19(15-28)27-22(29)5-2-12-26-23(30)17-7-9-18(24)10-8-17/h6-11,14,19H,2-5,12-13,15H2,1H3,(H,26,30)(H,27,29). The van der Waals surface area contributed by atoms with Crippen molar-refractivity contribution >= 4 is 17.5 Å². The zero-order chi connectivity index (χ0) is 21.5. The van der Waals surface area contributed by atoms with Gasteiger partial charge in [-0.05, 0) is 68.1 Å². The summed E-state index contributed by atoms with van der Waals surface area (Å²) in [7, 11) is 0. The summed E-state index contributed by atoms with van der Waals surface area (Å²) in [6.45, 7) is 3.63. The van der Waals surface area contributed by atoms with Crippen LogP contribution >= 0.6 is 0 Å². The average molecular weight is 415 g/mol. The van der Waals surface area contributed by atoms with Gasteiger partial charge in [0.25, 0.3) is 5.91 Å². The zero-order valence-corrected chi connectivity index (χ0v) is 17.1. The van der Waals surface area contributed by atoms with E-state index in [0.717, 1.165) is 24.9 Å². The molecule has 2 aromatic carbocycles. The van der Waals surface area contributed by atoms with Gasteiger partial charge in [-0.1, -0.05) is 6.07 Å². The van der Waals surface area contributed by atoms with Crippen LogP contribution in [0.4, 0.5) is 14.5 Å². The summed E-state index contributed by atoms with van der Waals surface area (Å²) in [5.74, 6) is -1.01. The van der Waals surface area contributed by atoms with Crippen LogP contribution in [0, 0.1) is 18.6 Å². The number of nitrogens with one attached hydrogen (secondary N) is 2. The Morgan fingerprint density at radius 3 is 2.67 bits per heavy atom. The van der Waals surface area contributed by atoms with E-state index in [1.54, 1.807) is 6.07 Å². The zero-order valence-electron chi connectivity index (χ0n) is 17.1. The lowest BCUT2D eigenvalue weighted by molar-refractivity contribution is -0.121. The Kier molecular flexibility index (Phi) is 7.38. The molecule has 1 aliphatic rings. The number of aryl methyl sites for hydroxylation is 1. The van der Waals surface area contributed by atoms with E-state index >= 15 is 0 Å². The highest BCUT2D eigenvalue weighted by atomic mass is 19.1. The number of carbonyl (C=O) groups is 2. The fourth-order valence-electron chi connectivity index (χ4n) is 3.63. The van der Waals surface area contributed by atoms with Gasteiger partial charge in [-0.15, -0.1) is 0 Å². The first-order valence-electron chi connectivity index (χ1n) is 10.3. The Bertz CT molecular complexity index is 887. The van der Waals surface area contributed by atoms with Gasteiger partial charge in [0.05, 0.1) is 5.69 Å². The van der Waals surface area contributed by atoms with Crippen LogP contribution < -0.4 is 15.5 Å². The van der Waals surface area contributed by atoms with Crippen molar-refractivity contribution in [1.82, 2.24) is 10.6 Å². The summed E-state index contributed by atoms with van der Waals surface area (Å²) in [5, 5.41) is 5.75. The van der Waals surface area contributed by atoms with Crippen molar-refractivity contribution in [3.63, 3.8) is 0 Å². The van der Waals surface area contributed by atoms with Gasteiger partial charge in [0.15, 0.2) is 0 Å². The van der Waals surface area contributed by atoms with Crippen LogP contribution in [0.3, 0.4) is 0 Å². The Hall–Kier alpha value is -2.96. The molecule has 1 atom stereocenters. The van der Waals surface area contributed by atoms with E-state index < -0.39 is 5.82 Å². The summed E-state index contributed by atoms with van der Waals surface area (Å²) in [5.41, 5.74) is 1.96. The highest BCUT2D eigenvalue weighted by Gasteiger charge is 2.23. The summed E-state index contributed by atoms with van der Waals surface area (Å²) < 4.78 is 27.1. The van der Waals surface area contributed by atoms with Crippen LogP contribution in [-0.4, -0.2) is 37.5 Å². The second kappa shape index (κ2) is 10.2. The van der Waals surface area contributed by atoms with Crippen molar-refractivity contribution in [2.24, 2.45) is 0 Å². The minimum atomic E-state index is -0.394. The number of carbonyl (C=O) groups excluding carboxylic acids is 2. The molecule has 0 aromatic heterocycles. The fourth-order valence-corrected chi connectivity index (χ4v) is 3.63. The normalized spacial score (nSPS) is 16.2. The van der Waals surface area contributed by atoms with E-state index in [1.807, 2.05) is 17.9 Å². The summed E-state index contributed by atoms with van der Waals surface area (Å²) >= 11 is 0. The van der Waals surface area contributed by atoms with Crippen LogP contribution in [0.2, 0.25) is 0 Å². The molecule has 1 fully saturated rings. The number of rotatable bonds is 7. The first-order valence-corrected chi connectivity index (χ1v) is 10.3. The Morgan fingerprint density at radius 1 is 1.13 bits per heavy atom. The number of piperidine rings is 1. The molecule has 0 radical (unpaired) electrons. The van der Waals surface area contributed by atoms with E-state index in [1.165, 1.54) is 30.3 Å². The average Bonchev–Trinajstić information content (AvgIpc) is 2.73. The minimum absolute atomic E-state index is 0.0278. The molecule has 1 heterocycles. The third-order valence-corrected chi connectivity index (χ3v) is 5.20. The second-order valence-corrected chi connectivity index (χ2v) is 7.67. The second-order valence-electron chi connectivity index (χ2n) is 7.67. The first kappa shape index (κ1) is 21.7. The lowest BCUT2D eigenvalue weighted by Crippen LogP contribution is -2.48. The number of anilines is 1. The van der Waals surface area contributed by atoms with E-state index in [9.17, 15) is 18.4 Å². The smallest absolute Gasteiger partial charge is 0.251 e. The maximum atomic E-state index is 14.2. The van der Waals surface area contributed by atoms with Crippen LogP contribution in [0.1, 0.15) is 41.6 Å². The molecule has 2 aromatic rings. The highest BCUT2D eigenvalue weighted by Crippen LogP contribution is 2.24. The molecular weight excluding hydrogens is 388 g/mol. The van der Waals surface area contributed by atoms with Crippen molar-refractivity contribution in [1.29, 1.82) is 0 Å². The largest absolute Gasteiger partial charge is 0.367 e. The van der Waals surface area contributed by atoms with Crippen molar-refractivity contribution in [2.75, 3.05) is 24.5 Å². The maximum absolute atomic E-state index is 14.2. The first-order chi connectivity index (χ1) is 14.4. The summed E-state index contributed by atoms with van der Waals surface area (Å²) in [6.07, 6.45) is 2.53. The van der Waals surface area contributed by atoms with E-state index in [2.05, 4.69) is 10.6 Å². The molecule has 2 N–H and O–H groups in total. The number of benzene rings is 2. The highest BCUT2D eigenvalue weighted by molar-refractivity contribution is 5.94. The Morgan fingerprint density at radius 2 is 1.90 bits per heavy atom. The van der Waals surface area contributed by atoms with Crippen LogP contribution in [-0.2, 0) is 4.79 Å². The lowest BCUT2D eigenvalue weighted by Gasteiger charge is -2.35. The molecule has 2 amide bonds. The SMILES string of the molecule is Cc1ccc(F)c(N2CCCC(NC(=O)CCCNC(=O)c3ccc(F)cc3)C2)c1. The Balaban J connectivity index is 1.40. The topological polar surface area (TPSA) is 61.4 Å². The van der Waals surface area contributed by atoms with E-state index in [-0.39, 0.29) is 23.7 Å². The molecule has 1 aliphatic heterocycles. The molecule has 0 bridgehead atoms. The Labute approximate surface area is 175 Å². The quantitative estimate of drug-likeness (QED) is 0.680. The minimum Gasteiger partial charge on any atom is -0.367 e. The van der Waals surface area contributed by atoms with Gasteiger partial charge in [0.2, 0.25) is 5.91 Å². The van der Waals surface area contributed by atoms with Crippen molar-refractivity contribution in [2.45, 2.75) is 38.6 Å². The van der Waals surface area contributed by atoms with Crippen molar-refractivity contribution in [3.8, 4) is 0 Å². The monoisotopic (exact) mass is 415 g/mol. The van der Waals surface area contributed by atoms with Gasteiger partial charge in [0.1, 0.15) is 11.6 Å². The van der Waals surface area contributed by atoms with Gasteiger partial charge in [-0.3, -0.25) is 9.59 Å². The lowest BCUT2D eigenvalue weighted by atomic mass is 10.0.